The highest BCUT2D eigenvalue weighted by molar-refractivity contribution is 5.67. The minimum atomic E-state index is -0.410. The molecule has 96 valence electrons. The standard InChI is InChI=1S/C15H19NO2/c1-3-8-14(9-4-2)16-15(17)18-12-13-10-6-5-7-11-13/h3-7,10-11,14H,1-2,8-9,12H2,(H,16,17). The summed E-state index contributed by atoms with van der Waals surface area (Å²) in [7, 11) is 0. The van der Waals surface area contributed by atoms with Crippen molar-refractivity contribution in [3.63, 3.8) is 0 Å². The van der Waals surface area contributed by atoms with Crippen LogP contribution in [0.5, 0.6) is 0 Å². The Kier molecular flexibility index (Phi) is 6.33. The summed E-state index contributed by atoms with van der Waals surface area (Å²) in [4.78, 5) is 11.6. The van der Waals surface area contributed by atoms with Gasteiger partial charge in [-0.25, -0.2) is 4.79 Å². The van der Waals surface area contributed by atoms with Crippen LogP contribution in [0.4, 0.5) is 4.79 Å². The van der Waals surface area contributed by atoms with Crippen LogP contribution in [0.25, 0.3) is 0 Å². The predicted octanol–water partition coefficient (Wildman–Crippen LogP) is 3.43. The van der Waals surface area contributed by atoms with E-state index in [0.29, 0.717) is 12.8 Å². The van der Waals surface area contributed by atoms with Gasteiger partial charge in [0.15, 0.2) is 0 Å². The molecule has 0 fully saturated rings. The average Bonchev–Trinajstić information content (AvgIpc) is 2.38. The van der Waals surface area contributed by atoms with E-state index >= 15 is 0 Å². The third kappa shape index (κ3) is 5.34. The topological polar surface area (TPSA) is 38.3 Å². The maximum absolute atomic E-state index is 11.6. The van der Waals surface area contributed by atoms with Gasteiger partial charge in [0.25, 0.3) is 0 Å². The van der Waals surface area contributed by atoms with E-state index in [2.05, 4.69) is 18.5 Å². The number of hydrogen-bond donors (Lipinski definition) is 1. The fraction of sp³-hybridized carbons (Fsp3) is 0.267. The summed E-state index contributed by atoms with van der Waals surface area (Å²) in [5, 5.41) is 2.79. The molecule has 0 radical (unpaired) electrons. The maximum Gasteiger partial charge on any atom is 0.407 e. The van der Waals surface area contributed by atoms with Gasteiger partial charge >= 0.3 is 6.09 Å². The first-order chi connectivity index (χ1) is 8.76. The summed E-state index contributed by atoms with van der Waals surface area (Å²) in [6.45, 7) is 7.59. The van der Waals surface area contributed by atoms with E-state index in [-0.39, 0.29) is 12.6 Å². The van der Waals surface area contributed by atoms with E-state index < -0.39 is 6.09 Å². The van der Waals surface area contributed by atoms with Gasteiger partial charge in [-0.05, 0) is 18.4 Å². The molecule has 0 saturated heterocycles. The number of nitrogens with one attached hydrogen (secondary N) is 1. The highest BCUT2D eigenvalue weighted by Crippen LogP contribution is 2.03. The molecule has 0 aliphatic rings. The Morgan fingerprint density at radius 2 is 1.83 bits per heavy atom. The Hall–Kier alpha value is -2.03. The fourth-order valence-electron chi connectivity index (χ4n) is 1.55. The van der Waals surface area contributed by atoms with E-state index in [0.717, 1.165) is 5.56 Å². The van der Waals surface area contributed by atoms with Crippen molar-refractivity contribution in [2.24, 2.45) is 0 Å². The molecule has 18 heavy (non-hydrogen) atoms. The van der Waals surface area contributed by atoms with Gasteiger partial charge in [0.05, 0.1) is 0 Å². The molecule has 1 amide bonds. The summed E-state index contributed by atoms with van der Waals surface area (Å²) < 4.78 is 5.13. The first-order valence-electron chi connectivity index (χ1n) is 5.95. The molecule has 1 aromatic carbocycles. The zero-order valence-electron chi connectivity index (χ0n) is 10.5. The Morgan fingerprint density at radius 3 is 2.39 bits per heavy atom. The first kappa shape index (κ1) is 14.0. The lowest BCUT2D eigenvalue weighted by Gasteiger charge is -2.15. The number of benzene rings is 1. The molecule has 0 aliphatic carbocycles. The third-order valence-electron chi connectivity index (χ3n) is 2.44. The second-order valence-corrected chi connectivity index (χ2v) is 3.95. The van der Waals surface area contributed by atoms with Gasteiger partial charge < -0.3 is 10.1 Å². The van der Waals surface area contributed by atoms with Crippen LogP contribution in [0.2, 0.25) is 0 Å². The molecule has 0 unspecified atom stereocenters. The van der Waals surface area contributed by atoms with Crippen molar-refractivity contribution >= 4 is 6.09 Å². The Morgan fingerprint density at radius 1 is 1.22 bits per heavy atom. The predicted molar refractivity (Wildman–Crippen MR) is 73.2 cm³/mol. The van der Waals surface area contributed by atoms with Gasteiger partial charge in [-0.1, -0.05) is 42.5 Å². The molecule has 3 heteroatoms. The molecule has 0 aliphatic heterocycles. The average molecular weight is 245 g/mol. The number of amides is 1. The quantitative estimate of drug-likeness (QED) is 0.747. The summed E-state index contributed by atoms with van der Waals surface area (Å²) in [6, 6.07) is 9.58. The van der Waals surface area contributed by atoms with Gasteiger partial charge in [0.1, 0.15) is 6.61 Å². The minimum Gasteiger partial charge on any atom is -0.445 e. The van der Waals surface area contributed by atoms with Gasteiger partial charge in [-0.3, -0.25) is 0 Å². The normalized spacial score (nSPS) is 9.83. The number of rotatable bonds is 7. The van der Waals surface area contributed by atoms with E-state index in [1.165, 1.54) is 0 Å². The number of alkyl carbamates (subject to hydrolysis) is 1. The summed E-state index contributed by atoms with van der Waals surface area (Å²) in [5.41, 5.74) is 0.969. The molecule has 1 N–H and O–H groups in total. The van der Waals surface area contributed by atoms with Crippen molar-refractivity contribution in [1.82, 2.24) is 5.32 Å². The van der Waals surface area contributed by atoms with Crippen LogP contribution in [0.3, 0.4) is 0 Å². The molecule has 1 rings (SSSR count). The molecule has 0 atom stereocenters. The first-order valence-corrected chi connectivity index (χ1v) is 5.95. The lowest BCUT2D eigenvalue weighted by Crippen LogP contribution is -2.34. The summed E-state index contributed by atoms with van der Waals surface area (Å²) >= 11 is 0. The van der Waals surface area contributed by atoms with Crippen molar-refractivity contribution in [2.45, 2.75) is 25.5 Å². The Labute approximate surface area is 108 Å². The highest BCUT2D eigenvalue weighted by Gasteiger charge is 2.10. The van der Waals surface area contributed by atoms with Crippen LogP contribution in [0.15, 0.2) is 55.6 Å². The molecule has 0 aromatic heterocycles. The second kappa shape index (κ2) is 8.12. The van der Waals surface area contributed by atoms with Gasteiger partial charge in [-0.2, -0.15) is 0 Å². The Bertz CT molecular complexity index is 377. The van der Waals surface area contributed by atoms with Gasteiger partial charge in [0, 0.05) is 6.04 Å². The third-order valence-corrected chi connectivity index (χ3v) is 2.44. The van der Waals surface area contributed by atoms with Crippen molar-refractivity contribution in [1.29, 1.82) is 0 Å². The molecule has 0 spiro atoms. The molecule has 3 nitrogen and oxygen atoms in total. The van der Waals surface area contributed by atoms with E-state index in [1.807, 2.05) is 30.3 Å². The molecular weight excluding hydrogens is 226 g/mol. The molecule has 0 heterocycles. The maximum atomic E-state index is 11.6. The van der Waals surface area contributed by atoms with Crippen LogP contribution in [0.1, 0.15) is 18.4 Å². The van der Waals surface area contributed by atoms with Crippen molar-refractivity contribution < 1.29 is 9.53 Å². The summed E-state index contributed by atoms with van der Waals surface area (Å²) in [6.07, 6.45) is 4.53. The number of carbonyl (C=O) groups is 1. The molecular formula is C15H19NO2. The van der Waals surface area contributed by atoms with Crippen LogP contribution in [0, 0.1) is 0 Å². The number of ether oxygens (including phenoxy) is 1. The largest absolute Gasteiger partial charge is 0.445 e. The molecule has 0 saturated carbocycles. The van der Waals surface area contributed by atoms with E-state index in [9.17, 15) is 4.79 Å². The highest BCUT2D eigenvalue weighted by atomic mass is 16.5. The zero-order valence-corrected chi connectivity index (χ0v) is 10.5. The monoisotopic (exact) mass is 245 g/mol. The van der Waals surface area contributed by atoms with E-state index in [1.54, 1.807) is 12.2 Å². The molecule has 0 bridgehead atoms. The SMILES string of the molecule is C=CCC(CC=C)NC(=O)OCc1ccccc1. The Balaban J connectivity index is 2.35. The van der Waals surface area contributed by atoms with Crippen LogP contribution in [-0.2, 0) is 11.3 Å². The minimum absolute atomic E-state index is 0.00303. The zero-order chi connectivity index (χ0) is 13.2. The van der Waals surface area contributed by atoms with Gasteiger partial charge in [0.2, 0.25) is 0 Å². The summed E-state index contributed by atoms with van der Waals surface area (Å²) in [5.74, 6) is 0. The van der Waals surface area contributed by atoms with E-state index in [4.69, 9.17) is 4.74 Å². The van der Waals surface area contributed by atoms with Crippen LogP contribution < -0.4 is 5.32 Å². The van der Waals surface area contributed by atoms with Crippen LogP contribution in [-0.4, -0.2) is 12.1 Å². The second-order valence-electron chi connectivity index (χ2n) is 3.95. The van der Waals surface area contributed by atoms with Crippen molar-refractivity contribution in [2.75, 3.05) is 0 Å². The lowest BCUT2D eigenvalue weighted by atomic mass is 10.1. The van der Waals surface area contributed by atoms with Crippen molar-refractivity contribution in [3.05, 3.63) is 61.2 Å². The van der Waals surface area contributed by atoms with Gasteiger partial charge in [-0.15, -0.1) is 13.2 Å². The smallest absolute Gasteiger partial charge is 0.407 e. The van der Waals surface area contributed by atoms with Crippen molar-refractivity contribution in [3.8, 4) is 0 Å². The lowest BCUT2D eigenvalue weighted by molar-refractivity contribution is 0.136. The van der Waals surface area contributed by atoms with Crippen LogP contribution >= 0.6 is 0 Å². The number of carbonyl (C=O) groups excluding carboxylic acids is 1. The molecule has 1 aromatic rings. The fourth-order valence-corrected chi connectivity index (χ4v) is 1.55. The number of hydrogen-bond acceptors (Lipinski definition) is 2.